The highest BCUT2D eigenvalue weighted by molar-refractivity contribution is 7.80. The zero-order valence-corrected chi connectivity index (χ0v) is 12.0. The molecule has 4 nitrogen and oxygen atoms in total. The number of hydrogen-bond donors (Lipinski definition) is 1. The molecule has 2 aromatic rings. The first-order valence-electron chi connectivity index (χ1n) is 5.77. The van der Waals surface area contributed by atoms with Crippen molar-refractivity contribution in [2.75, 3.05) is 6.61 Å². The van der Waals surface area contributed by atoms with Crippen molar-refractivity contribution in [3.05, 3.63) is 47.0 Å². The molecule has 0 aliphatic carbocycles. The van der Waals surface area contributed by atoms with Gasteiger partial charge in [0, 0.05) is 25.9 Å². The Morgan fingerprint density at radius 3 is 2.95 bits per heavy atom. The Labute approximate surface area is 122 Å². The van der Waals surface area contributed by atoms with E-state index in [1.807, 2.05) is 17.8 Å². The van der Waals surface area contributed by atoms with Crippen molar-refractivity contribution >= 4 is 28.8 Å². The highest BCUT2D eigenvalue weighted by Crippen LogP contribution is 2.26. The summed E-state index contributed by atoms with van der Waals surface area (Å²) in [5.74, 6) is 1.56. The molecule has 0 amide bonds. The van der Waals surface area contributed by atoms with Gasteiger partial charge in [-0.15, -0.1) is 0 Å². The van der Waals surface area contributed by atoms with Crippen LogP contribution in [0.25, 0.3) is 0 Å². The lowest BCUT2D eigenvalue weighted by Crippen LogP contribution is -2.14. The molecule has 0 spiro atoms. The molecule has 0 radical (unpaired) electrons. The van der Waals surface area contributed by atoms with Crippen molar-refractivity contribution in [1.29, 1.82) is 0 Å². The van der Waals surface area contributed by atoms with E-state index in [-0.39, 0.29) is 4.99 Å². The number of imidazole rings is 1. The van der Waals surface area contributed by atoms with Gasteiger partial charge in [0.1, 0.15) is 16.6 Å². The van der Waals surface area contributed by atoms with Crippen molar-refractivity contribution in [3.63, 3.8) is 0 Å². The van der Waals surface area contributed by atoms with Crippen molar-refractivity contribution in [3.8, 4) is 5.75 Å². The zero-order valence-electron chi connectivity index (χ0n) is 10.5. The number of rotatable bonds is 5. The van der Waals surface area contributed by atoms with Crippen molar-refractivity contribution in [2.45, 2.75) is 6.42 Å². The smallest absolute Gasteiger partial charge is 0.130 e. The van der Waals surface area contributed by atoms with E-state index in [4.69, 9.17) is 34.3 Å². The van der Waals surface area contributed by atoms with Gasteiger partial charge in [0.05, 0.1) is 17.2 Å². The second-order valence-corrected chi connectivity index (χ2v) is 4.88. The minimum absolute atomic E-state index is 0.234. The summed E-state index contributed by atoms with van der Waals surface area (Å²) in [6, 6.07) is 5.35. The summed E-state index contributed by atoms with van der Waals surface area (Å²) in [5, 5.41) is 0.502. The number of nitrogens with zero attached hydrogens (tertiary/aromatic N) is 2. The SMILES string of the molecule is Cn1ccnc1CCOc1cccc(Cl)c1C(N)=S. The minimum Gasteiger partial charge on any atom is -0.492 e. The van der Waals surface area contributed by atoms with Gasteiger partial charge in [-0.3, -0.25) is 0 Å². The Balaban J connectivity index is 2.06. The van der Waals surface area contributed by atoms with E-state index in [2.05, 4.69) is 4.98 Å². The fourth-order valence-electron chi connectivity index (χ4n) is 1.75. The fraction of sp³-hybridized carbons (Fsp3) is 0.231. The van der Waals surface area contributed by atoms with Crippen LogP contribution in [-0.2, 0) is 13.5 Å². The monoisotopic (exact) mass is 295 g/mol. The van der Waals surface area contributed by atoms with Gasteiger partial charge in [0.2, 0.25) is 0 Å². The van der Waals surface area contributed by atoms with Crippen LogP contribution in [0.1, 0.15) is 11.4 Å². The maximum Gasteiger partial charge on any atom is 0.130 e. The number of ether oxygens (including phenoxy) is 1. The number of thiocarbonyl (C=S) groups is 1. The van der Waals surface area contributed by atoms with Crippen LogP contribution in [-0.4, -0.2) is 21.1 Å². The molecule has 0 bridgehead atoms. The predicted molar refractivity (Wildman–Crippen MR) is 79.7 cm³/mol. The second-order valence-electron chi connectivity index (χ2n) is 4.03. The topological polar surface area (TPSA) is 53.1 Å². The van der Waals surface area contributed by atoms with E-state index in [0.29, 0.717) is 29.4 Å². The highest BCUT2D eigenvalue weighted by Gasteiger charge is 2.11. The summed E-state index contributed by atoms with van der Waals surface area (Å²) in [6.45, 7) is 0.487. The molecule has 1 heterocycles. The van der Waals surface area contributed by atoms with Gasteiger partial charge in [-0.2, -0.15) is 0 Å². The lowest BCUT2D eigenvalue weighted by atomic mass is 10.2. The molecule has 0 aliphatic heterocycles. The van der Waals surface area contributed by atoms with Gasteiger partial charge in [-0.1, -0.05) is 29.9 Å². The first-order valence-corrected chi connectivity index (χ1v) is 6.55. The molecule has 0 fully saturated rings. The van der Waals surface area contributed by atoms with Crippen LogP contribution in [0.3, 0.4) is 0 Å². The zero-order chi connectivity index (χ0) is 13.8. The lowest BCUT2D eigenvalue weighted by Gasteiger charge is -2.11. The van der Waals surface area contributed by atoms with Gasteiger partial charge in [0.15, 0.2) is 0 Å². The highest BCUT2D eigenvalue weighted by atomic mass is 35.5. The second kappa shape index (κ2) is 6.04. The average molecular weight is 296 g/mol. The van der Waals surface area contributed by atoms with E-state index >= 15 is 0 Å². The molecule has 0 aliphatic rings. The van der Waals surface area contributed by atoms with Crippen molar-refractivity contribution < 1.29 is 4.74 Å². The molecule has 0 atom stereocenters. The van der Waals surface area contributed by atoms with Crippen molar-refractivity contribution in [2.24, 2.45) is 12.8 Å². The first-order chi connectivity index (χ1) is 9.09. The van der Waals surface area contributed by atoms with E-state index < -0.39 is 0 Å². The largest absolute Gasteiger partial charge is 0.492 e. The lowest BCUT2D eigenvalue weighted by molar-refractivity contribution is 0.317. The Bertz CT molecular complexity index is 597. The molecule has 6 heteroatoms. The van der Waals surface area contributed by atoms with Crippen molar-refractivity contribution in [1.82, 2.24) is 9.55 Å². The van der Waals surface area contributed by atoms with Crippen LogP contribution in [0.15, 0.2) is 30.6 Å². The Morgan fingerprint density at radius 1 is 1.53 bits per heavy atom. The van der Waals surface area contributed by atoms with E-state index in [9.17, 15) is 0 Å². The van der Waals surface area contributed by atoms with Crippen LogP contribution in [0, 0.1) is 0 Å². The number of halogens is 1. The average Bonchev–Trinajstić information content (AvgIpc) is 2.75. The third-order valence-electron chi connectivity index (χ3n) is 2.73. The number of benzene rings is 1. The molecule has 2 rings (SSSR count). The van der Waals surface area contributed by atoms with Crippen LogP contribution >= 0.6 is 23.8 Å². The first kappa shape index (κ1) is 13.8. The Hall–Kier alpha value is -1.59. The Morgan fingerprint density at radius 2 is 2.32 bits per heavy atom. The molecule has 1 aromatic carbocycles. The summed E-state index contributed by atoms with van der Waals surface area (Å²) in [6.07, 6.45) is 4.36. The van der Waals surface area contributed by atoms with E-state index in [1.165, 1.54) is 0 Å². The number of nitrogens with two attached hydrogens (primary N) is 1. The van der Waals surface area contributed by atoms with Gasteiger partial charge < -0.3 is 15.0 Å². The normalized spacial score (nSPS) is 10.4. The number of aryl methyl sites for hydroxylation is 1. The third-order valence-corrected chi connectivity index (χ3v) is 3.25. The molecular weight excluding hydrogens is 282 g/mol. The summed E-state index contributed by atoms with van der Waals surface area (Å²) >= 11 is 11.0. The summed E-state index contributed by atoms with van der Waals surface area (Å²) in [5.41, 5.74) is 6.24. The molecule has 2 N–H and O–H groups in total. The molecule has 0 saturated heterocycles. The molecule has 0 unspecified atom stereocenters. The molecule has 0 saturated carbocycles. The fourth-order valence-corrected chi connectivity index (χ4v) is 2.29. The quantitative estimate of drug-likeness (QED) is 0.860. The van der Waals surface area contributed by atoms with Gasteiger partial charge in [-0.25, -0.2) is 4.98 Å². The summed E-state index contributed by atoms with van der Waals surface area (Å²) < 4.78 is 7.66. The molecule has 1 aromatic heterocycles. The van der Waals surface area contributed by atoms with Gasteiger partial charge >= 0.3 is 0 Å². The molecule has 19 heavy (non-hydrogen) atoms. The van der Waals surface area contributed by atoms with Crippen LogP contribution < -0.4 is 10.5 Å². The van der Waals surface area contributed by atoms with Crippen LogP contribution in [0.2, 0.25) is 5.02 Å². The van der Waals surface area contributed by atoms with E-state index in [0.717, 1.165) is 5.82 Å². The van der Waals surface area contributed by atoms with Gasteiger partial charge in [0.25, 0.3) is 0 Å². The minimum atomic E-state index is 0.234. The van der Waals surface area contributed by atoms with Gasteiger partial charge in [-0.05, 0) is 12.1 Å². The molecular formula is C13H14ClN3OS. The third kappa shape index (κ3) is 3.24. The predicted octanol–water partition coefficient (Wildman–Crippen LogP) is 2.33. The standard InChI is InChI=1S/C13H14ClN3OS/c1-17-7-6-16-11(17)5-8-18-10-4-2-3-9(14)12(10)13(15)19/h2-4,6-7H,5,8H2,1H3,(H2,15,19). The number of aromatic nitrogens is 2. The maximum absolute atomic E-state index is 6.06. The Kier molecular flexibility index (Phi) is 4.39. The van der Waals surface area contributed by atoms with Crippen LogP contribution in [0.5, 0.6) is 5.75 Å². The number of hydrogen-bond acceptors (Lipinski definition) is 3. The maximum atomic E-state index is 6.06. The summed E-state index contributed by atoms with van der Waals surface area (Å²) in [7, 11) is 1.95. The molecule has 100 valence electrons. The summed E-state index contributed by atoms with van der Waals surface area (Å²) in [4.78, 5) is 4.46. The van der Waals surface area contributed by atoms with E-state index in [1.54, 1.807) is 24.4 Å². The van der Waals surface area contributed by atoms with Crippen LogP contribution in [0.4, 0.5) is 0 Å².